The number of terminal acetylenes is 1. The molecule has 1 aliphatic rings. The van der Waals surface area contributed by atoms with E-state index in [2.05, 4.69) is 37.8 Å². The summed E-state index contributed by atoms with van der Waals surface area (Å²) < 4.78 is 13.4. The monoisotopic (exact) mass is 551 g/mol. The molecule has 0 saturated carbocycles. The average molecular weight is 553 g/mol. The predicted octanol–water partition coefficient (Wildman–Crippen LogP) is 6.03. The number of rotatable bonds is 6. The van der Waals surface area contributed by atoms with Gasteiger partial charge in [-0.25, -0.2) is 0 Å². The van der Waals surface area contributed by atoms with Gasteiger partial charge in [-0.2, -0.15) is 0 Å². The van der Waals surface area contributed by atoms with Crippen molar-refractivity contribution < 1.29 is 14.3 Å². The Balaban J connectivity index is 1.93. The maximum absolute atomic E-state index is 13.0. The van der Waals surface area contributed by atoms with Crippen LogP contribution in [0.3, 0.4) is 0 Å². The van der Waals surface area contributed by atoms with Crippen molar-refractivity contribution in [2.75, 3.05) is 18.1 Å². The van der Waals surface area contributed by atoms with Crippen molar-refractivity contribution >= 4 is 77.8 Å². The summed E-state index contributed by atoms with van der Waals surface area (Å²) in [6.07, 6.45) is 7.07. The van der Waals surface area contributed by atoms with E-state index in [1.165, 1.54) is 16.7 Å². The van der Waals surface area contributed by atoms with Gasteiger partial charge in [0.15, 0.2) is 15.8 Å². The minimum absolute atomic E-state index is 0.129. The molecular formula is C21H15Br2NO3S2. The Morgan fingerprint density at radius 3 is 2.62 bits per heavy atom. The van der Waals surface area contributed by atoms with Crippen LogP contribution >= 0.6 is 55.8 Å². The standard InChI is InChI=1S/C21H15Br2NO3S2/c1-3-9-27-19-16(23)10-13(11-17(19)26-4-2)12-18-20(25)24(21(28)29-18)15-7-5-14(22)6-8-15/h1,5-8,10-12H,4,9H2,2H3/b18-12-. The number of thiocarbonyl (C=S) groups is 1. The second kappa shape index (κ2) is 9.81. The molecule has 29 heavy (non-hydrogen) atoms. The fourth-order valence-electron chi connectivity index (χ4n) is 2.62. The molecule has 0 bridgehead atoms. The van der Waals surface area contributed by atoms with Crippen LogP contribution in [0.2, 0.25) is 0 Å². The van der Waals surface area contributed by atoms with E-state index < -0.39 is 0 Å². The highest BCUT2D eigenvalue weighted by Crippen LogP contribution is 2.40. The van der Waals surface area contributed by atoms with E-state index in [1.54, 1.807) is 6.08 Å². The van der Waals surface area contributed by atoms with Crippen molar-refractivity contribution in [3.05, 3.63) is 55.8 Å². The molecule has 0 unspecified atom stereocenters. The highest BCUT2D eigenvalue weighted by molar-refractivity contribution is 9.10. The Hall–Kier alpha value is -1.79. The van der Waals surface area contributed by atoms with Gasteiger partial charge in [-0.15, -0.1) is 6.42 Å². The highest BCUT2D eigenvalue weighted by atomic mass is 79.9. The lowest BCUT2D eigenvalue weighted by molar-refractivity contribution is -0.113. The topological polar surface area (TPSA) is 38.8 Å². The van der Waals surface area contributed by atoms with E-state index in [1.807, 2.05) is 43.3 Å². The van der Waals surface area contributed by atoms with Crippen molar-refractivity contribution in [3.8, 4) is 23.8 Å². The number of ether oxygens (including phenoxy) is 2. The zero-order valence-electron chi connectivity index (χ0n) is 15.3. The zero-order valence-corrected chi connectivity index (χ0v) is 20.1. The van der Waals surface area contributed by atoms with Crippen molar-refractivity contribution in [1.29, 1.82) is 0 Å². The summed E-state index contributed by atoms with van der Waals surface area (Å²) in [6, 6.07) is 11.1. The quantitative estimate of drug-likeness (QED) is 0.248. The molecule has 148 valence electrons. The van der Waals surface area contributed by atoms with Gasteiger partial charge < -0.3 is 9.47 Å². The second-order valence-electron chi connectivity index (χ2n) is 5.75. The summed E-state index contributed by atoms with van der Waals surface area (Å²) in [5.74, 6) is 3.36. The maximum atomic E-state index is 13.0. The molecule has 8 heteroatoms. The lowest BCUT2D eigenvalue weighted by Crippen LogP contribution is -2.27. The van der Waals surface area contributed by atoms with E-state index in [-0.39, 0.29) is 12.5 Å². The van der Waals surface area contributed by atoms with Gasteiger partial charge in [0.2, 0.25) is 0 Å². The first-order valence-corrected chi connectivity index (χ1v) is 11.3. The molecule has 0 atom stereocenters. The number of thioether (sulfide) groups is 1. The molecule has 1 aliphatic heterocycles. The van der Waals surface area contributed by atoms with Crippen molar-refractivity contribution in [2.24, 2.45) is 0 Å². The van der Waals surface area contributed by atoms with Crippen LogP contribution in [0.5, 0.6) is 11.5 Å². The van der Waals surface area contributed by atoms with E-state index in [4.69, 9.17) is 28.1 Å². The Bertz CT molecular complexity index is 1030. The Labute approximate surface area is 195 Å². The van der Waals surface area contributed by atoms with Gasteiger partial charge in [0.1, 0.15) is 6.61 Å². The SMILES string of the molecule is C#CCOc1c(Br)cc(/C=C2\SC(=S)N(c3ccc(Br)cc3)C2=O)cc1OCC. The number of benzene rings is 2. The number of hydrogen-bond acceptors (Lipinski definition) is 5. The van der Waals surface area contributed by atoms with Crippen LogP contribution in [0, 0.1) is 12.3 Å². The first kappa shape index (κ1) is 21.9. The van der Waals surface area contributed by atoms with Gasteiger partial charge in [-0.3, -0.25) is 9.69 Å². The third-order valence-electron chi connectivity index (χ3n) is 3.81. The number of anilines is 1. The van der Waals surface area contributed by atoms with Crippen molar-refractivity contribution in [3.63, 3.8) is 0 Å². The molecule has 1 amide bonds. The summed E-state index contributed by atoms with van der Waals surface area (Å²) in [6.45, 7) is 2.48. The van der Waals surface area contributed by atoms with E-state index in [0.29, 0.717) is 31.8 Å². The lowest BCUT2D eigenvalue weighted by Gasteiger charge is -2.14. The summed E-state index contributed by atoms with van der Waals surface area (Å²) in [7, 11) is 0. The van der Waals surface area contributed by atoms with Crippen LogP contribution in [0.4, 0.5) is 5.69 Å². The van der Waals surface area contributed by atoms with Crippen molar-refractivity contribution in [1.82, 2.24) is 0 Å². The molecule has 1 saturated heterocycles. The van der Waals surface area contributed by atoms with Crippen LogP contribution in [-0.4, -0.2) is 23.4 Å². The maximum Gasteiger partial charge on any atom is 0.270 e. The largest absolute Gasteiger partial charge is 0.490 e. The van der Waals surface area contributed by atoms with Crippen LogP contribution in [-0.2, 0) is 4.79 Å². The minimum Gasteiger partial charge on any atom is -0.490 e. The van der Waals surface area contributed by atoms with Gasteiger partial charge in [0.05, 0.1) is 21.7 Å². The van der Waals surface area contributed by atoms with Gasteiger partial charge in [-0.05, 0) is 70.9 Å². The Morgan fingerprint density at radius 1 is 1.24 bits per heavy atom. The molecular weight excluding hydrogens is 538 g/mol. The molecule has 2 aromatic carbocycles. The first-order chi connectivity index (χ1) is 13.9. The van der Waals surface area contributed by atoms with Crippen molar-refractivity contribution in [2.45, 2.75) is 6.92 Å². The lowest BCUT2D eigenvalue weighted by atomic mass is 10.1. The van der Waals surface area contributed by atoms with Gasteiger partial charge >= 0.3 is 0 Å². The van der Waals surface area contributed by atoms with Gasteiger partial charge in [0, 0.05) is 4.47 Å². The highest BCUT2D eigenvalue weighted by Gasteiger charge is 2.33. The van der Waals surface area contributed by atoms with Crippen LogP contribution in [0.15, 0.2) is 50.2 Å². The Morgan fingerprint density at radius 2 is 1.97 bits per heavy atom. The smallest absolute Gasteiger partial charge is 0.270 e. The third-order valence-corrected chi connectivity index (χ3v) is 6.23. The fourth-order valence-corrected chi connectivity index (χ4v) is 4.76. The van der Waals surface area contributed by atoms with E-state index in [0.717, 1.165) is 15.7 Å². The molecule has 4 nitrogen and oxygen atoms in total. The molecule has 0 aliphatic carbocycles. The molecule has 0 N–H and O–H groups in total. The molecule has 0 aromatic heterocycles. The normalized spacial score (nSPS) is 15.0. The number of nitrogens with zero attached hydrogens (tertiary/aromatic N) is 1. The minimum atomic E-state index is -0.163. The summed E-state index contributed by atoms with van der Waals surface area (Å²) in [5.41, 5.74) is 1.51. The third kappa shape index (κ3) is 5.04. The first-order valence-electron chi connectivity index (χ1n) is 8.50. The molecule has 0 spiro atoms. The second-order valence-corrected chi connectivity index (χ2v) is 9.20. The Kier molecular flexibility index (Phi) is 7.41. The predicted molar refractivity (Wildman–Crippen MR) is 129 cm³/mol. The summed E-state index contributed by atoms with van der Waals surface area (Å²) in [4.78, 5) is 15.0. The summed E-state index contributed by atoms with van der Waals surface area (Å²) in [5, 5.41) is 0. The molecule has 2 aromatic rings. The molecule has 1 fully saturated rings. The number of carbonyl (C=O) groups excluding carboxylic acids is 1. The number of hydrogen-bond donors (Lipinski definition) is 0. The number of amides is 1. The van der Waals surface area contributed by atoms with Gasteiger partial charge in [0.25, 0.3) is 5.91 Å². The fraction of sp³-hybridized carbons (Fsp3) is 0.143. The van der Waals surface area contributed by atoms with E-state index >= 15 is 0 Å². The molecule has 1 heterocycles. The summed E-state index contributed by atoms with van der Waals surface area (Å²) >= 11 is 13.6. The van der Waals surface area contributed by atoms with Crippen LogP contribution < -0.4 is 14.4 Å². The van der Waals surface area contributed by atoms with Gasteiger partial charge in [-0.1, -0.05) is 45.8 Å². The molecule has 3 rings (SSSR count). The zero-order chi connectivity index (χ0) is 21.0. The molecule has 0 radical (unpaired) electrons. The number of halogens is 2. The number of carbonyl (C=O) groups is 1. The van der Waals surface area contributed by atoms with Crippen LogP contribution in [0.1, 0.15) is 12.5 Å². The van der Waals surface area contributed by atoms with Crippen LogP contribution in [0.25, 0.3) is 6.08 Å². The average Bonchev–Trinajstić information content (AvgIpc) is 2.95. The van der Waals surface area contributed by atoms with E-state index in [9.17, 15) is 4.79 Å².